The molecule has 1 amide bonds. The van der Waals surface area contributed by atoms with Gasteiger partial charge in [0.15, 0.2) is 0 Å². The lowest BCUT2D eigenvalue weighted by Crippen LogP contribution is -2.25. The Morgan fingerprint density at radius 1 is 1.29 bits per heavy atom. The van der Waals surface area contributed by atoms with E-state index in [1.165, 1.54) is 5.56 Å². The van der Waals surface area contributed by atoms with Gasteiger partial charge in [-0.15, -0.1) is 0 Å². The van der Waals surface area contributed by atoms with Gasteiger partial charge in [-0.05, 0) is 18.4 Å². The molecule has 0 radical (unpaired) electrons. The van der Waals surface area contributed by atoms with Gasteiger partial charge in [-0.2, -0.15) is 0 Å². The molecule has 0 aliphatic carbocycles. The van der Waals surface area contributed by atoms with Crippen molar-refractivity contribution >= 4 is 28.5 Å². The number of carbonyl (C=O) groups is 1. The minimum absolute atomic E-state index is 0.124. The fraction of sp³-hybridized carbons (Fsp3) is 0.364. The highest BCUT2D eigenvalue weighted by atomic mass is 127. The topological polar surface area (TPSA) is 29.1 Å². The summed E-state index contributed by atoms with van der Waals surface area (Å²) in [5.41, 5.74) is 1.33. The average Bonchev–Trinajstić information content (AvgIpc) is 2.25. The third kappa shape index (κ3) is 4.60. The second-order valence-electron chi connectivity index (χ2n) is 3.07. The van der Waals surface area contributed by atoms with Crippen LogP contribution >= 0.6 is 22.6 Å². The lowest BCUT2D eigenvalue weighted by Gasteiger charge is -2.02. The summed E-state index contributed by atoms with van der Waals surface area (Å²) < 4.78 is 0.545. The van der Waals surface area contributed by atoms with Crippen LogP contribution in [0.15, 0.2) is 30.3 Å². The molecule has 0 aromatic heterocycles. The molecule has 0 spiro atoms. The fourth-order valence-corrected chi connectivity index (χ4v) is 1.48. The van der Waals surface area contributed by atoms with Gasteiger partial charge in [0.25, 0.3) is 0 Å². The van der Waals surface area contributed by atoms with Crippen molar-refractivity contribution in [1.29, 1.82) is 0 Å². The van der Waals surface area contributed by atoms with Gasteiger partial charge in [-0.25, -0.2) is 0 Å². The molecule has 0 heterocycles. The number of amides is 1. The van der Waals surface area contributed by atoms with Crippen LogP contribution in [0.1, 0.15) is 12.0 Å². The first-order valence-electron chi connectivity index (χ1n) is 4.69. The van der Waals surface area contributed by atoms with Crippen LogP contribution in [-0.2, 0) is 11.2 Å². The Balaban J connectivity index is 2.13. The number of rotatable bonds is 5. The van der Waals surface area contributed by atoms with E-state index in [1.807, 2.05) is 18.2 Å². The number of aryl methyl sites for hydroxylation is 1. The Morgan fingerprint density at radius 3 is 2.64 bits per heavy atom. The standard InChI is InChI=1S/C11H14INO/c12-9-11(14)13-8-4-7-10-5-2-1-3-6-10/h1-3,5-6H,4,7-9H2,(H,13,14). The van der Waals surface area contributed by atoms with E-state index in [1.54, 1.807) is 0 Å². The molecule has 3 heteroatoms. The zero-order valence-electron chi connectivity index (χ0n) is 8.00. The number of hydrogen-bond donors (Lipinski definition) is 1. The molecule has 0 aliphatic rings. The van der Waals surface area contributed by atoms with Gasteiger partial charge in [0.05, 0.1) is 4.43 Å². The van der Waals surface area contributed by atoms with Crippen LogP contribution in [0.2, 0.25) is 0 Å². The molecule has 0 bridgehead atoms. The van der Waals surface area contributed by atoms with Gasteiger partial charge in [0.2, 0.25) is 5.91 Å². The van der Waals surface area contributed by atoms with Gasteiger partial charge in [-0.1, -0.05) is 52.9 Å². The van der Waals surface area contributed by atoms with Gasteiger partial charge < -0.3 is 5.32 Å². The molecule has 0 aliphatic heterocycles. The summed E-state index contributed by atoms with van der Waals surface area (Å²) in [4.78, 5) is 10.9. The van der Waals surface area contributed by atoms with Crippen molar-refractivity contribution < 1.29 is 4.79 Å². The molecule has 14 heavy (non-hydrogen) atoms. The summed E-state index contributed by atoms with van der Waals surface area (Å²) in [6.07, 6.45) is 2.04. The lowest BCUT2D eigenvalue weighted by molar-refractivity contribution is -0.118. The summed E-state index contributed by atoms with van der Waals surface area (Å²) in [6, 6.07) is 10.3. The summed E-state index contributed by atoms with van der Waals surface area (Å²) in [7, 11) is 0. The molecule has 0 saturated carbocycles. The second-order valence-corrected chi connectivity index (χ2v) is 3.84. The van der Waals surface area contributed by atoms with Crippen LogP contribution in [0.3, 0.4) is 0 Å². The normalized spacial score (nSPS) is 9.79. The largest absolute Gasteiger partial charge is 0.355 e. The Hall–Kier alpha value is -0.580. The number of carbonyl (C=O) groups excluding carboxylic acids is 1. The van der Waals surface area contributed by atoms with Crippen LogP contribution in [0.5, 0.6) is 0 Å². The SMILES string of the molecule is O=C(CI)NCCCc1ccccc1. The molecular formula is C11H14INO. The van der Waals surface area contributed by atoms with Gasteiger partial charge >= 0.3 is 0 Å². The Kier molecular flexibility index (Phi) is 5.59. The van der Waals surface area contributed by atoms with Crippen LogP contribution in [-0.4, -0.2) is 16.9 Å². The summed E-state index contributed by atoms with van der Waals surface area (Å²) in [6.45, 7) is 0.775. The number of nitrogens with one attached hydrogen (secondary N) is 1. The minimum Gasteiger partial charge on any atom is -0.355 e. The van der Waals surface area contributed by atoms with E-state index in [2.05, 4.69) is 40.0 Å². The molecule has 0 fully saturated rings. The van der Waals surface area contributed by atoms with Crippen molar-refractivity contribution in [2.24, 2.45) is 0 Å². The highest BCUT2D eigenvalue weighted by Gasteiger charge is 1.96. The highest BCUT2D eigenvalue weighted by Crippen LogP contribution is 2.01. The molecule has 1 aromatic rings. The van der Waals surface area contributed by atoms with Crippen molar-refractivity contribution in [3.8, 4) is 0 Å². The molecule has 0 saturated heterocycles. The average molecular weight is 303 g/mol. The number of benzene rings is 1. The summed E-state index contributed by atoms with van der Waals surface area (Å²) >= 11 is 2.06. The van der Waals surface area contributed by atoms with Gasteiger partial charge in [0.1, 0.15) is 0 Å². The number of hydrogen-bond acceptors (Lipinski definition) is 1. The Morgan fingerprint density at radius 2 is 2.00 bits per heavy atom. The van der Waals surface area contributed by atoms with Crippen LogP contribution in [0, 0.1) is 0 Å². The van der Waals surface area contributed by atoms with Crippen molar-refractivity contribution in [3.05, 3.63) is 35.9 Å². The smallest absolute Gasteiger partial charge is 0.229 e. The molecular weight excluding hydrogens is 289 g/mol. The maximum absolute atomic E-state index is 10.9. The van der Waals surface area contributed by atoms with E-state index < -0.39 is 0 Å². The zero-order chi connectivity index (χ0) is 10.2. The van der Waals surface area contributed by atoms with E-state index in [0.29, 0.717) is 4.43 Å². The van der Waals surface area contributed by atoms with E-state index in [4.69, 9.17) is 0 Å². The minimum atomic E-state index is 0.124. The van der Waals surface area contributed by atoms with E-state index >= 15 is 0 Å². The summed E-state index contributed by atoms with van der Waals surface area (Å²) in [5, 5.41) is 2.86. The van der Waals surface area contributed by atoms with Crippen LogP contribution in [0.4, 0.5) is 0 Å². The van der Waals surface area contributed by atoms with Crippen molar-refractivity contribution in [1.82, 2.24) is 5.32 Å². The van der Waals surface area contributed by atoms with Gasteiger partial charge in [-0.3, -0.25) is 4.79 Å². The zero-order valence-corrected chi connectivity index (χ0v) is 10.2. The Labute approximate surface area is 98.2 Å². The van der Waals surface area contributed by atoms with Gasteiger partial charge in [0, 0.05) is 6.54 Å². The lowest BCUT2D eigenvalue weighted by atomic mass is 10.1. The predicted octanol–water partition coefficient (Wildman–Crippen LogP) is 2.17. The maximum Gasteiger partial charge on any atom is 0.229 e. The van der Waals surface area contributed by atoms with E-state index in [-0.39, 0.29) is 5.91 Å². The van der Waals surface area contributed by atoms with Crippen molar-refractivity contribution in [2.75, 3.05) is 11.0 Å². The highest BCUT2D eigenvalue weighted by molar-refractivity contribution is 14.1. The fourth-order valence-electron chi connectivity index (χ4n) is 1.21. The van der Waals surface area contributed by atoms with E-state index in [9.17, 15) is 4.79 Å². The molecule has 2 nitrogen and oxygen atoms in total. The predicted molar refractivity (Wildman–Crippen MR) is 66.7 cm³/mol. The maximum atomic E-state index is 10.9. The molecule has 0 atom stereocenters. The third-order valence-corrected chi connectivity index (χ3v) is 2.62. The molecule has 76 valence electrons. The molecule has 0 unspecified atom stereocenters. The van der Waals surface area contributed by atoms with Crippen molar-refractivity contribution in [3.63, 3.8) is 0 Å². The quantitative estimate of drug-likeness (QED) is 0.504. The monoisotopic (exact) mass is 303 g/mol. The first-order chi connectivity index (χ1) is 6.83. The molecule has 1 rings (SSSR count). The van der Waals surface area contributed by atoms with Crippen LogP contribution in [0.25, 0.3) is 0 Å². The third-order valence-electron chi connectivity index (χ3n) is 1.93. The number of halogens is 1. The first-order valence-corrected chi connectivity index (χ1v) is 6.22. The first kappa shape index (κ1) is 11.5. The molecule has 1 aromatic carbocycles. The van der Waals surface area contributed by atoms with Crippen molar-refractivity contribution in [2.45, 2.75) is 12.8 Å². The number of alkyl halides is 1. The van der Waals surface area contributed by atoms with E-state index in [0.717, 1.165) is 19.4 Å². The second kappa shape index (κ2) is 6.81. The van der Waals surface area contributed by atoms with Crippen LogP contribution < -0.4 is 5.32 Å². The molecule has 1 N–H and O–H groups in total. The summed E-state index contributed by atoms with van der Waals surface area (Å²) in [5.74, 6) is 0.124. The Bertz CT molecular complexity index is 274.